The molecule has 1 fully saturated rings. The van der Waals surface area contributed by atoms with Crippen molar-refractivity contribution in [2.45, 2.75) is 19.3 Å². The van der Waals surface area contributed by atoms with Crippen LogP contribution < -0.4 is 10.1 Å². The predicted octanol–water partition coefficient (Wildman–Crippen LogP) is 1.78. The smallest absolute Gasteiger partial charge is 0.309 e. The average molecular weight is 263 g/mol. The van der Waals surface area contributed by atoms with Crippen molar-refractivity contribution >= 4 is 5.97 Å². The number of ether oxygens (including phenoxy) is 2. The number of hydrogen-bond acceptors (Lipinski definition) is 4. The number of carbonyl (C=O) groups excluding carboxylic acids is 1. The van der Waals surface area contributed by atoms with Crippen molar-refractivity contribution < 1.29 is 14.3 Å². The molecule has 104 valence electrons. The molecule has 0 bridgehead atoms. The first-order chi connectivity index (χ1) is 9.29. The Morgan fingerprint density at radius 2 is 1.95 bits per heavy atom. The molecule has 1 saturated heterocycles. The van der Waals surface area contributed by atoms with Gasteiger partial charge in [0.05, 0.1) is 19.6 Å². The molecule has 2 rings (SSSR count). The molecule has 1 aliphatic heterocycles. The Bertz CT molecular complexity index is 396. The summed E-state index contributed by atoms with van der Waals surface area (Å²) >= 11 is 0. The van der Waals surface area contributed by atoms with Gasteiger partial charge in [0.2, 0.25) is 0 Å². The van der Waals surface area contributed by atoms with Crippen molar-refractivity contribution in [2.75, 3.05) is 26.8 Å². The monoisotopic (exact) mass is 263 g/mol. The molecular formula is C15H21NO3. The Labute approximate surface area is 114 Å². The van der Waals surface area contributed by atoms with Crippen molar-refractivity contribution in [1.29, 1.82) is 0 Å². The van der Waals surface area contributed by atoms with Crippen LogP contribution in [0.1, 0.15) is 18.4 Å². The summed E-state index contributed by atoms with van der Waals surface area (Å²) in [7, 11) is 1.65. The summed E-state index contributed by atoms with van der Waals surface area (Å²) in [5.74, 6) is 0.877. The third kappa shape index (κ3) is 4.24. The highest BCUT2D eigenvalue weighted by atomic mass is 16.5. The minimum absolute atomic E-state index is 0.0463. The van der Waals surface area contributed by atoms with E-state index in [9.17, 15) is 4.79 Å². The summed E-state index contributed by atoms with van der Waals surface area (Å²) in [5, 5.41) is 3.24. The summed E-state index contributed by atoms with van der Waals surface area (Å²) in [4.78, 5) is 11.8. The molecular weight excluding hydrogens is 242 g/mol. The van der Waals surface area contributed by atoms with E-state index in [0.29, 0.717) is 6.61 Å². The lowest BCUT2D eigenvalue weighted by atomic mass is 9.98. The van der Waals surface area contributed by atoms with Gasteiger partial charge in [-0.05, 0) is 43.6 Å². The lowest BCUT2D eigenvalue weighted by Gasteiger charge is -2.20. The molecule has 0 radical (unpaired) electrons. The van der Waals surface area contributed by atoms with E-state index in [-0.39, 0.29) is 11.9 Å². The quantitative estimate of drug-likeness (QED) is 0.823. The zero-order chi connectivity index (χ0) is 13.5. The van der Waals surface area contributed by atoms with Gasteiger partial charge in [-0.2, -0.15) is 0 Å². The van der Waals surface area contributed by atoms with Crippen LogP contribution in [0.3, 0.4) is 0 Å². The molecule has 0 aromatic heterocycles. The molecule has 0 spiro atoms. The van der Waals surface area contributed by atoms with Crippen LogP contribution in [0.15, 0.2) is 24.3 Å². The number of benzene rings is 1. The zero-order valence-corrected chi connectivity index (χ0v) is 11.4. The summed E-state index contributed by atoms with van der Waals surface area (Å²) in [6.07, 6.45) is 2.53. The second-order valence-corrected chi connectivity index (χ2v) is 4.79. The SMILES string of the molecule is COc1ccc(CCOC(=O)C2CCNCC2)cc1. The number of methoxy groups -OCH3 is 1. The maximum atomic E-state index is 11.8. The maximum absolute atomic E-state index is 11.8. The van der Waals surface area contributed by atoms with Gasteiger partial charge in [0, 0.05) is 6.42 Å². The van der Waals surface area contributed by atoms with Gasteiger partial charge in [-0.25, -0.2) is 0 Å². The largest absolute Gasteiger partial charge is 0.497 e. The molecule has 1 N–H and O–H groups in total. The molecule has 1 aromatic rings. The van der Waals surface area contributed by atoms with E-state index >= 15 is 0 Å². The molecule has 0 amide bonds. The number of carbonyl (C=O) groups is 1. The standard InChI is InChI=1S/C15H21NO3/c1-18-14-4-2-12(3-5-14)8-11-19-15(17)13-6-9-16-10-7-13/h2-5,13,16H,6-11H2,1H3. The van der Waals surface area contributed by atoms with E-state index in [2.05, 4.69) is 5.32 Å². The van der Waals surface area contributed by atoms with Crippen LogP contribution in [0.4, 0.5) is 0 Å². The van der Waals surface area contributed by atoms with Gasteiger partial charge in [0.1, 0.15) is 5.75 Å². The minimum Gasteiger partial charge on any atom is -0.497 e. The molecule has 1 aromatic carbocycles. The van der Waals surface area contributed by atoms with Gasteiger partial charge in [-0.15, -0.1) is 0 Å². The summed E-state index contributed by atoms with van der Waals surface area (Å²) in [6, 6.07) is 7.84. The first-order valence-electron chi connectivity index (χ1n) is 6.80. The Hall–Kier alpha value is -1.55. The topological polar surface area (TPSA) is 47.6 Å². The third-order valence-electron chi connectivity index (χ3n) is 3.47. The molecule has 0 unspecified atom stereocenters. The predicted molar refractivity (Wildman–Crippen MR) is 73.3 cm³/mol. The molecule has 0 aliphatic carbocycles. The lowest BCUT2D eigenvalue weighted by molar-refractivity contribution is -0.149. The van der Waals surface area contributed by atoms with Crippen LogP contribution in [0.25, 0.3) is 0 Å². The van der Waals surface area contributed by atoms with Crippen LogP contribution in [0.2, 0.25) is 0 Å². The van der Waals surface area contributed by atoms with E-state index in [1.807, 2.05) is 24.3 Å². The summed E-state index contributed by atoms with van der Waals surface area (Å²) in [5.41, 5.74) is 1.15. The van der Waals surface area contributed by atoms with Crippen molar-refractivity contribution in [2.24, 2.45) is 5.92 Å². The molecule has 1 heterocycles. The zero-order valence-electron chi connectivity index (χ0n) is 11.4. The first-order valence-corrected chi connectivity index (χ1v) is 6.80. The van der Waals surface area contributed by atoms with Crippen LogP contribution in [-0.2, 0) is 16.0 Å². The van der Waals surface area contributed by atoms with E-state index in [0.717, 1.165) is 43.7 Å². The van der Waals surface area contributed by atoms with Gasteiger partial charge < -0.3 is 14.8 Å². The van der Waals surface area contributed by atoms with Crippen LogP contribution in [-0.4, -0.2) is 32.8 Å². The molecule has 4 heteroatoms. The maximum Gasteiger partial charge on any atom is 0.309 e. The van der Waals surface area contributed by atoms with E-state index in [1.165, 1.54) is 0 Å². The summed E-state index contributed by atoms with van der Waals surface area (Å²) < 4.78 is 10.4. The normalized spacial score (nSPS) is 16.1. The number of hydrogen-bond donors (Lipinski definition) is 1. The number of rotatable bonds is 5. The fourth-order valence-corrected chi connectivity index (χ4v) is 2.24. The van der Waals surface area contributed by atoms with Gasteiger partial charge in [0.15, 0.2) is 0 Å². The Morgan fingerprint density at radius 1 is 1.26 bits per heavy atom. The van der Waals surface area contributed by atoms with Gasteiger partial charge >= 0.3 is 5.97 Å². The Morgan fingerprint density at radius 3 is 2.58 bits per heavy atom. The average Bonchev–Trinajstić information content (AvgIpc) is 2.49. The van der Waals surface area contributed by atoms with Crippen LogP contribution >= 0.6 is 0 Å². The van der Waals surface area contributed by atoms with E-state index < -0.39 is 0 Å². The van der Waals surface area contributed by atoms with E-state index in [4.69, 9.17) is 9.47 Å². The molecule has 0 atom stereocenters. The second-order valence-electron chi connectivity index (χ2n) is 4.79. The second kappa shape index (κ2) is 7.14. The number of piperidine rings is 1. The molecule has 19 heavy (non-hydrogen) atoms. The van der Waals surface area contributed by atoms with Crippen LogP contribution in [0.5, 0.6) is 5.75 Å². The number of esters is 1. The van der Waals surface area contributed by atoms with E-state index in [1.54, 1.807) is 7.11 Å². The number of nitrogens with one attached hydrogen (secondary N) is 1. The fourth-order valence-electron chi connectivity index (χ4n) is 2.24. The molecule has 1 aliphatic rings. The highest BCUT2D eigenvalue weighted by Gasteiger charge is 2.21. The van der Waals surface area contributed by atoms with Crippen molar-refractivity contribution in [1.82, 2.24) is 5.32 Å². The van der Waals surface area contributed by atoms with Gasteiger partial charge in [-0.1, -0.05) is 12.1 Å². The van der Waals surface area contributed by atoms with Crippen molar-refractivity contribution in [3.05, 3.63) is 29.8 Å². The third-order valence-corrected chi connectivity index (χ3v) is 3.47. The lowest BCUT2D eigenvalue weighted by Crippen LogP contribution is -2.33. The highest BCUT2D eigenvalue weighted by molar-refractivity contribution is 5.72. The van der Waals surface area contributed by atoms with Crippen LogP contribution in [0, 0.1) is 5.92 Å². The fraction of sp³-hybridized carbons (Fsp3) is 0.533. The minimum atomic E-state index is -0.0463. The van der Waals surface area contributed by atoms with Gasteiger partial charge in [-0.3, -0.25) is 4.79 Å². The van der Waals surface area contributed by atoms with Crippen molar-refractivity contribution in [3.63, 3.8) is 0 Å². The van der Waals surface area contributed by atoms with Gasteiger partial charge in [0.25, 0.3) is 0 Å². The molecule has 0 saturated carbocycles. The Balaban J connectivity index is 1.71. The molecule has 4 nitrogen and oxygen atoms in total. The summed E-state index contributed by atoms with van der Waals surface area (Å²) in [6.45, 7) is 2.28. The Kier molecular flexibility index (Phi) is 5.21. The first kappa shape index (κ1) is 13.9. The van der Waals surface area contributed by atoms with Crippen molar-refractivity contribution in [3.8, 4) is 5.75 Å². The highest BCUT2D eigenvalue weighted by Crippen LogP contribution is 2.14.